The van der Waals surface area contributed by atoms with Crippen molar-refractivity contribution in [2.75, 3.05) is 44.2 Å². The standard InChI is InChI=1S/C25H32FN5O/c1-2-27-25(30-16-14-29(15-17-30)23-11-6-5-10-22(23)26)28-18-20-8-3-4-9-21(20)19-31-13-7-12-24(31)32/h3-6,8-11H,2,7,12-19H2,1H3,(H,27,28). The van der Waals surface area contributed by atoms with Crippen LogP contribution in [0.1, 0.15) is 30.9 Å². The van der Waals surface area contributed by atoms with Crippen molar-refractivity contribution < 1.29 is 9.18 Å². The number of nitrogens with zero attached hydrogens (tertiary/aromatic N) is 4. The van der Waals surface area contributed by atoms with E-state index in [0.29, 0.717) is 25.2 Å². The lowest BCUT2D eigenvalue weighted by Crippen LogP contribution is -2.52. The quantitative estimate of drug-likeness (QED) is 0.557. The lowest BCUT2D eigenvalue weighted by molar-refractivity contribution is -0.128. The van der Waals surface area contributed by atoms with Gasteiger partial charge in [0.25, 0.3) is 0 Å². The Morgan fingerprint density at radius 3 is 2.41 bits per heavy atom. The second-order valence-corrected chi connectivity index (χ2v) is 8.28. The fourth-order valence-corrected chi connectivity index (χ4v) is 4.40. The van der Waals surface area contributed by atoms with Crippen LogP contribution < -0.4 is 10.2 Å². The summed E-state index contributed by atoms with van der Waals surface area (Å²) in [6, 6.07) is 15.2. The van der Waals surface area contributed by atoms with Gasteiger partial charge in [-0.25, -0.2) is 9.38 Å². The van der Waals surface area contributed by atoms with Gasteiger partial charge in [0.2, 0.25) is 5.91 Å². The Balaban J connectivity index is 1.42. The van der Waals surface area contributed by atoms with Crippen LogP contribution in [0.4, 0.5) is 10.1 Å². The average molecular weight is 438 g/mol. The van der Waals surface area contributed by atoms with Gasteiger partial charge in [-0.2, -0.15) is 0 Å². The van der Waals surface area contributed by atoms with E-state index in [4.69, 9.17) is 4.99 Å². The molecule has 0 spiro atoms. The zero-order valence-electron chi connectivity index (χ0n) is 18.8. The van der Waals surface area contributed by atoms with Crippen molar-refractivity contribution in [2.24, 2.45) is 4.99 Å². The average Bonchev–Trinajstić information content (AvgIpc) is 3.22. The number of carbonyl (C=O) groups is 1. The zero-order chi connectivity index (χ0) is 22.3. The molecule has 2 aliphatic rings. The van der Waals surface area contributed by atoms with E-state index >= 15 is 0 Å². The van der Waals surface area contributed by atoms with Gasteiger partial charge in [-0.3, -0.25) is 4.79 Å². The van der Waals surface area contributed by atoms with E-state index in [1.54, 1.807) is 6.07 Å². The number of carbonyl (C=O) groups excluding carboxylic acids is 1. The van der Waals surface area contributed by atoms with E-state index in [9.17, 15) is 9.18 Å². The van der Waals surface area contributed by atoms with Crippen molar-refractivity contribution in [3.05, 3.63) is 65.5 Å². The van der Waals surface area contributed by atoms with Gasteiger partial charge in [-0.15, -0.1) is 0 Å². The normalized spacial score (nSPS) is 17.2. The maximum absolute atomic E-state index is 14.2. The van der Waals surface area contributed by atoms with E-state index in [1.165, 1.54) is 6.07 Å². The van der Waals surface area contributed by atoms with Crippen LogP contribution in [-0.4, -0.2) is 60.9 Å². The SMILES string of the molecule is CCNC(=NCc1ccccc1CN1CCCC1=O)N1CCN(c2ccccc2F)CC1. The molecule has 32 heavy (non-hydrogen) atoms. The van der Waals surface area contributed by atoms with Crippen LogP contribution in [0.5, 0.6) is 0 Å². The number of benzene rings is 2. The molecule has 2 heterocycles. The summed E-state index contributed by atoms with van der Waals surface area (Å²) in [5.41, 5.74) is 2.97. The minimum atomic E-state index is -0.172. The minimum Gasteiger partial charge on any atom is -0.366 e. The number of piperazine rings is 1. The molecule has 0 saturated carbocycles. The Morgan fingerprint density at radius 2 is 1.72 bits per heavy atom. The van der Waals surface area contributed by atoms with Crippen LogP contribution in [-0.2, 0) is 17.9 Å². The van der Waals surface area contributed by atoms with E-state index in [1.807, 2.05) is 29.2 Å². The number of rotatable bonds is 6. The highest BCUT2D eigenvalue weighted by molar-refractivity contribution is 5.80. The second-order valence-electron chi connectivity index (χ2n) is 8.28. The third-order valence-electron chi connectivity index (χ3n) is 6.16. The Hall–Kier alpha value is -3.09. The number of para-hydroxylation sites is 1. The predicted molar refractivity (Wildman–Crippen MR) is 126 cm³/mol. The summed E-state index contributed by atoms with van der Waals surface area (Å²) < 4.78 is 14.2. The number of hydrogen-bond donors (Lipinski definition) is 1. The summed E-state index contributed by atoms with van der Waals surface area (Å²) in [4.78, 5) is 23.2. The molecule has 2 aromatic rings. The highest BCUT2D eigenvalue weighted by Gasteiger charge is 2.22. The molecule has 0 radical (unpaired) electrons. The molecule has 2 aliphatic heterocycles. The summed E-state index contributed by atoms with van der Waals surface area (Å²) >= 11 is 0. The number of nitrogens with one attached hydrogen (secondary N) is 1. The lowest BCUT2D eigenvalue weighted by atomic mass is 10.1. The summed E-state index contributed by atoms with van der Waals surface area (Å²) in [5, 5.41) is 3.41. The van der Waals surface area contributed by atoms with Crippen molar-refractivity contribution >= 4 is 17.6 Å². The molecule has 6 nitrogen and oxygen atoms in total. The summed E-state index contributed by atoms with van der Waals surface area (Å²) in [6.45, 7) is 7.97. The molecular formula is C25H32FN5O. The lowest BCUT2D eigenvalue weighted by Gasteiger charge is -2.37. The molecule has 170 valence electrons. The number of likely N-dealkylation sites (tertiary alicyclic amines) is 1. The molecular weight excluding hydrogens is 405 g/mol. The predicted octanol–water partition coefficient (Wildman–Crippen LogP) is 3.24. The van der Waals surface area contributed by atoms with Gasteiger partial charge in [-0.1, -0.05) is 36.4 Å². The van der Waals surface area contributed by atoms with Crippen molar-refractivity contribution in [3.63, 3.8) is 0 Å². The Kier molecular flexibility index (Phi) is 7.24. The third kappa shape index (κ3) is 5.21. The van der Waals surface area contributed by atoms with Gasteiger partial charge < -0.3 is 20.0 Å². The smallest absolute Gasteiger partial charge is 0.222 e. The molecule has 2 aromatic carbocycles. The largest absolute Gasteiger partial charge is 0.366 e. The van der Waals surface area contributed by atoms with Gasteiger partial charge in [0.1, 0.15) is 5.82 Å². The van der Waals surface area contributed by atoms with Crippen LogP contribution in [0.3, 0.4) is 0 Å². The van der Waals surface area contributed by atoms with E-state index in [-0.39, 0.29) is 11.7 Å². The number of hydrogen-bond acceptors (Lipinski definition) is 3. The maximum atomic E-state index is 14.2. The molecule has 0 unspecified atom stereocenters. The topological polar surface area (TPSA) is 51.2 Å². The van der Waals surface area contributed by atoms with Crippen LogP contribution >= 0.6 is 0 Å². The van der Waals surface area contributed by atoms with Gasteiger partial charge in [0.15, 0.2) is 5.96 Å². The summed E-state index contributed by atoms with van der Waals surface area (Å²) in [7, 11) is 0. The fourth-order valence-electron chi connectivity index (χ4n) is 4.40. The fraction of sp³-hybridized carbons (Fsp3) is 0.440. The molecule has 1 amide bonds. The van der Waals surface area contributed by atoms with Gasteiger partial charge in [0.05, 0.1) is 12.2 Å². The molecule has 0 aliphatic carbocycles. The van der Waals surface area contributed by atoms with Crippen molar-refractivity contribution in [1.82, 2.24) is 15.1 Å². The molecule has 1 N–H and O–H groups in total. The number of anilines is 1. The van der Waals surface area contributed by atoms with E-state index in [2.05, 4.69) is 34.2 Å². The molecule has 0 bridgehead atoms. The highest BCUT2D eigenvalue weighted by Crippen LogP contribution is 2.21. The first-order valence-electron chi connectivity index (χ1n) is 11.5. The van der Waals surface area contributed by atoms with Crippen LogP contribution in [0.2, 0.25) is 0 Å². The summed E-state index contributed by atoms with van der Waals surface area (Å²) in [5.74, 6) is 0.951. The van der Waals surface area contributed by atoms with Gasteiger partial charge in [0, 0.05) is 52.2 Å². The summed E-state index contributed by atoms with van der Waals surface area (Å²) in [6.07, 6.45) is 1.60. The van der Waals surface area contributed by atoms with E-state index < -0.39 is 0 Å². The number of aliphatic imine (C=N–C) groups is 1. The first-order chi connectivity index (χ1) is 15.7. The van der Waals surface area contributed by atoms with Crippen LogP contribution in [0.25, 0.3) is 0 Å². The van der Waals surface area contributed by atoms with Crippen molar-refractivity contribution in [3.8, 4) is 0 Å². The van der Waals surface area contributed by atoms with E-state index in [0.717, 1.165) is 62.8 Å². The Morgan fingerprint density at radius 1 is 1.00 bits per heavy atom. The van der Waals surface area contributed by atoms with Crippen LogP contribution in [0, 0.1) is 5.82 Å². The Labute approximate surface area is 189 Å². The third-order valence-corrected chi connectivity index (χ3v) is 6.16. The van der Waals surface area contributed by atoms with Crippen molar-refractivity contribution in [2.45, 2.75) is 32.9 Å². The molecule has 4 rings (SSSR count). The monoisotopic (exact) mass is 437 g/mol. The van der Waals surface area contributed by atoms with Crippen LogP contribution in [0.15, 0.2) is 53.5 Å². The molecule has 0 aromatic heterocycles. The van der Waals surface area contributed by atoms with Crippen molar-refractivity contribution in [1.29, 1.82) is 0 Å². The number of guanidine groups is 1. The molecule has 0 atom stereocenters. The zero-order valence-corrected chi connectivity index (χ0v) is 18.8. The number of halogens is 1. The molecule has 7 heteroatoms. The highest BCUT2D eigenvalue weighted by atomic mass is 19.1. The van der Waals surface area contributed by atoms with Gasteiger partial charge in [-0.05, 0) is 36.6 Å². The Bertz CT molecular complexity index is 955. The second kappa shape index (κ2) is 10.5. The molecule has 2 fully saturated rings. The minimum absolute atomic E-state index is 0.172. The first-order valence-corrected chi connectivity index (χ1v) is 11.5. The molecule has 2 saturated heterocycles. The van der Waals surface area contributed by atoms with Gasteiger partial charge >= 0.3 is 0 Å². The maximum Gasteiger partial charge on any atom is 0.222 e. The first kappa shape index (κ1) is 22.1. The number of amides is 1.